The first-order valence-electron chi connectivity index (χ1n) is 8.81. The maximum atomic E-state index is 12.1. The van der Waals surface area contributed by atoms with Gasteiger partial charge in [-0.15, -0.1) is 0 Å². The van der Waals surface area contributed by atoms with Gasteiger partial charge in [-0.25, -0.2) is 0 Å². The van der Waals surface area contributed by atoms with Gasteiger partial charge in [-0.05, 0) is 61.2 Å². The van der Waals surface area contributed by atoms with Crippen LogP contribution >= 0.6 is 11.6 Å². The molecule has 0 atom stereocenters. The number of likely N-dealkylation sites (tertiary alicyclic amines) is 1. The van der Waals surface area contributed by atoms with Crippen LogP contribution in [0.3, 0.4) is 0 Å². The average Bonchev–Trinajstić information content (AvgIpc) is 2.64. The van der Waals surface area contributed by atoms with E-state index in [9.17, 15) is 4.79 Å². The zero-order valence-electron chi connectivity index (χ0n) is 14.3. The van der Waals surface area contributed by atoms with Crippen molar-refractivity contribution in [3.63, 3.8) is 0 Å². The normalized spacial score (nSPS) is 15.9. The Kier molecular flexibility index (Phi) is 6.42. The van der Waals surface area contributed by atoms with Crippen molar-refractivity contribution in [2.24, 2.45) is 5.92 Å². The molecule has 1 aliphatic rings. The SMILES string of the molecule is O=C(Cc1ccc(Cl)cc1)NCC1CCN(Cc2cccnc2)CC1. The maximum Gasteiger partial charge on any atom is 0.224 e. The van der Waals surface area contributed by atoms with Gasteiger partial charge in [0.1, 0.15) is 0 Å². The molecule has 1 amide bonds. The number of carbonyl (C=O) groups excluding carboxylic acids is 1. The summed E-state index contributed by atoms with van der Waals surface area (Å²) in [5.41, 5.74) is 2.26. The number of benzene rings is 1. The summed E-state index contributed by atoms with van der Waals surface area (Å²) in [7, 11) is 0. The van der Waals surface area contributed by atoms with Crippen molar-refractivity contribution in [1.29, 1.82) is 0 Å². The van der Waals surface area contributed by atoms with Gasteiger partial charge >= 0.3 is 0 Å². The van der Waals surface area contributed by atoms with Gasteiger partial charge in [0.2, 0.25) is 5.91 Å². The molecular formula is C20H24ClN3O. The van der Waals surface area contributed by atoms with E-state index in [1.807, 2.05) is 42.7 Å². The number of nitrogens with one attached hydrogen (secondary N) is 1. The highest BCUT2D eigenvalue weighted by molar-refractivity contribution is 6.30. The molecule has 25 heavy (non-hydrogen) atoms. The molecule has 1 aromatic heterocycles. The summed E-state index contributed by atoms with van der Waals surface area (Å²) in [6, 6.07) is 11.6. The summed E-state index contributed by atoms with van der Waals surface area (Å²) >= 11 is 5.87. The lowest BCUT2D eigenvalue weighted by molar-refractivity contribution is -0.120. The Morgan fingerprint density at radius 1 is 1.16 bits per heavy atom. The number of nitrogens with zero attached hydrogens (tertiary/aromatic N) is 2. The predicted molar refractivity (Wildman–Crippen MR) is 100 cm³/mol. The first-order valence-corrected chi connectivity index (χ1v) is 9.19. The van der Waals surface area contributed by atoms with Gasteiger partial charge in [-0.2, -0.15) is 0 Å². The second kappa shape index (κ2) is 8.97. The number of aromatic nitrogens is 1. The summed E-state index contributed by atoms with van der Waals surface area (Å²) in [5.74, 6) is 0.652. The molecule has 2 aromatic rings. The highest BCUT2D eigenvalue weighted by atomic mass is 35.5. The Balaban J connectivity index is 1.36. The van der Waals surface area contributed by atoms with E-state index in [0.717, 1.165) is 44.6 Å². The van der Waals surface area contributed by atoms with Crippen LogP contribution < -0.4 is 5.32 Å². The number of amides is 1. The molecule has 0 radical (unpaired) electrons. The number of rotatable bonds is 6. The lowest BCUT2D eigenvalue weighted by Gasteiger charge is -2.32. The van der Waals surface area contributed by atoms with Crippen LogP contribution in [0.2, 0.25) is 5.02 Å². The summed E-state index contributed by atoms with van der Waals surface area (Å²) < 4.78 is 0. The Hall–Kier alpha value is -1.91. The van der Waals surface area contributed by atoms with Crippen LogP contribution in [0, 0.1) is 5.92 Å². The van der Waals surface area contributed by atoms with E-state index in [1.165, 1.54) is 5.56 Å². The fourth-order valence-corrected chi connectivity index (χ4v) is 3.33. The van der Waals surface area contributed by atoms with Crippen LogP contribution in [0.25, 0.3) is 0 Å². The van der Waals surface area contributed by atoms with Crippen LogP contribution in [0.15, 0.2) is 48.8 Å². The second-order valence-electron chi connectivity index (χ2n) is 6.69. The largest absolute Gasteiger partial charge is 0.356 e. The van der Waals surface area contributed by atoms with E-state index in [1.54, 1.807) is 0 Å². The van der Waals surface area contributed by atoms with Gasteiger partial charge in [0.25, 0.3) is 0 Å². The Morgan fingerprint density at radius 2 is 1.92 bits per heavy atom. The van der Waals surface area contributed by atoms with Gasteiger partial charge in [0.15, 0.2) is 0 Å². The number of pyridine rings is 1. The topological polar surface area (TPSA) is 45.2 Å². The van der Waals surface area contributed by atoms with Crippen LogP contribution in [-0.2, 0) is 17.8 Å². The van der Waals surface area contributed by atoms with Crippen molar-refractivity contribution in [3.8, 4) is 0 Å². The monoisotopic (exact) mass is 357 g/mol. The zero-order valence-corrected chi connectivity index (χ0v) is 15.1. The first-order chi connectivity index (χ1) is 12.2. The molecule has 132 valence electrons. The zero-order chi connectivity index (χ0) is 17.5. The van der Waals surface area contributed by atoms with Crippen molar-refractivity contribution >= 4 is 17.5 Å². The number of piperidine rings is 1. The van der Waals surface area contributed by atoms with Gasteiger partial charge in [-0.1, -0.05) is 29.8 Å². The minimum absolute atomic E-state index is 0.0834. The van der Waals surface area contributed by atoms with Crippen LogP contribution in [0.5, 0.6) is 0 Å². The van der Waals surface area contributed by atoms with Crippen molar-refractivity contribution in [3.05, 3.63) is 64.9 Å². The van der Waals surface area contributed by atoms with E-state index in [0.29, 0.717) is 17.4 Å². The molecule has 2 heterocycles. The molecule has 1 aliphatic heterocycles. The molecule has 0 aliphatic carbocycles. The molecular weight excluding hydrogens is 334 g/mol. The highest BCUT2D eigenvalue weighted by Gasteiger charge is 2.19. The minimum Gasteiger partial charge on any atom is -0.356 e. The fraction of sp³-hybridized carbons (Fsp3) is 0.400. The molecule has 0 spiro atoms. The Bertz CT molecular complexity index is 667. The first kappa shape index (κ1) is 17.9. The van der Waals surface area contributed by atoms with E-state index in [2.05, 4.69) is 21.3 Å². The quantitative estimate of drug-likeness (QED) is 0.862. The van der Waals surface area contributed by atoms with Crippen molar-refractivity contribution in [2.45, 2.75) is 25.8 Å². The van der Waals surface area contributed by atoms with Crippen LogP contribution in [0.1, 0.15) is 24.0 Å². The molecule has 5 heteroatoms. The molecule has 0 bridgehead atoms. The van der Waals surface area contributed by atoms with Crippen molar-refractivity contribution < 1.29 is 4.79 Å². The number of halogens is 1. The molecule has 0 saturated carbocycles. The van der Waals surface area contributed by atoms with Crippen LogP contribution in [-0.4, -0.2) is 35.4 Å². The third-order valence-corrected chi connectivity index (χ3v) is 4.95. The van der Waals surface area contributed by atoms with Crippen LogP contribution in [0.4, 0.5) is 0 Å². The van der Waals surface area contributed by atoms with E-state index < -0.39 is 0 Å². The molecule has 3 rings (SSSR count). The molecule has 0 unspecified atom stereocenters. The number of carbonyl (C=O) groups is 1. The number of hydrogen-bond acceptors (Lipinski definition) is 3. The third kappa shape index (κ3) is 5.83. The highest BCUT2D eigenvalue weighted by Crippen LogP contribution is 2.18. The van der Waals surface area contributed by atoms with E-state index in [-0.39, 0.29) is 5.91 Å². The molecule has 4 nitrogen and oxygen atoms in total. The lowest BCUT2D eigenvalue weighted by atomic mass is 9.96. The average molecular weight is 358 g/mol. The standard InChI is InChI=1S/C20H24ClN3O/c21-19-5-3-16(4-6-19)12-20(25)23-14-17-7-10-24(11-8-17)15-18-2-1-9-22-13-18/h1-6,9,13,17H,7-8,10-12,14-15H2,(H,23,25). The summed E-state index contributed by atoms with van der Waals surface area (Å²) in [5, 5.41) is 3.78. The van der Waals surface area contributed by atoms with Gasteiger partial charge < -0.3 is 5.32 Å². The Labute approximate surface area is 154 Å². The molecule has 1 saturated heterocycles. The maximum absolute atomic E-state index is 12.1. The summed E-state index contributed by atoms with van der Waals surface area (Å²) in [4.78, 5) is 18.7. The van der Waals surface area contributed by atoms with Gasteiger partial charge in [0.05, 0.1) is 6.42 Å². The fourth-order valence-electron chi connectivity index (χ4n) is 3.21. The summed E-state index contributed by atoms with van der Waals surface area (Å²) in [6.45, 7) is 3.88. The minimum atomic E-state index is 0.0834. The Morgan fingerprint density at radius 3 is 2.60 bits per heavy atom. The summed E-state index contributed by atoms with van der Waals surface area (Å²) in [6.07, 6.45) is 6.41. The molecule has 1 N–H and O–H groups in total. The van der Waals surface area contributed by atoms with Gasteiger partial charge in [0, 0.05) is 30.5 Å². The van der Waals surface area contributed by atoms with Crippen molar-refractivity contribution in [1.82, 2.24) is 15.2 Å². The predicted octanol–water partition coefficient (Wildman–Crippen LogP) is 3.31. The van der Waals surface area contributed by atoms with Crippen molar-refractivity contribution in [2.75, 3.05) is 19.6 Å². The second-order valence-corrected chi connectivity index (χ2v) is 7.12. The lowest BCUT2D eigenvalue weighted by Crippen LogP contribution is -2.38. The molecule has 1 fully saturated rings. The third-order valence-electron chi connectivity index (χ3n) is 4.70. The smallest absolute Gasteiger partial charge is 0.224 e. The molecule has 1 aromatic carbocycles. The van der Waals surface area contributed by atoms with E-state index >= 15 is 0 Å². The number of hydrogen-bond donors (Lipinski definition) is 1. The van der Waals surface area contributed by atoms with Gasteiger partial charge in [-0.3, -0.25) is 14.7 Å². The van der Waals surface area contributed by atoms with E-state index in [4.69, 9.17) is 11.6 Å².